The van der Waals surface area contributed by atoms with Crippen LogP contribution in [-0.2, 0) is 4.79 Å². The Labute approximate surface area is 180 Å². The molecule has 0 bridgehead atoms. The van der Waals surface area contributed by atoms with E-state index < -0.39 is 0 Å². The summed E-state index contributed by atoms with van der Waals surface area (Å²) < 4.78 is 5.19. The lowest BCUT2D eigenvalue weighted by molar-refractivity contribution is -0.120. The van der Waals surface area contributed by atoms with Gasteiger partial charge in [0.05, 0.1) is 18.7 Å². The van der Waals surface area contributed by atoms with Crippen LogP contribution in [0.1, 0.15) is 12.8 Å². The van der Waals surface area contributed by atoms with E-state index in [1.54, 1.807) is 19.2 Å². The Kier molecular flexibility index (Phi) is 6.14. The second-order valence-electron chi connectivity index (χ2n) is 7.29. The minimum Gasteiger partial charge on any atom is -0.497 e. The first-order valence-corrected chi connectivity index (χ1v) is 10.3. The molecule has 0 saturated carbocycles. The Bertz CT molecular complexity index is 1010. The van der Waals surface area contributed by atoms with E-state index >= 15 is 0 Å². The normalized spacial score (nSPS) is 16.2. The first-order chi connectivity index (χ1) is 14.6. The van der Waals surface area contributed by atoms with E-state index in [1.165, 1.54) is 0 Å². The lowest BCUT2D eigenvalue weighted by Gasteiger charge is -2.32. The minimum atomic E-state index is -0.110. The Balaban J connectivity index is 1.41. The Morgan fingerprint density at radius 1 is 1.13 bits per heavy atom. The molecule has 6 nitrogen and oxygen atoms in total. The summed E-state index contributed by atoms with van der Waals surface area (Å²) in [5.74, 6) is 1.48. The number of benzene rings is 2. The molecule has 1 saturated heterocycles. The van der Waals surface area contributed by atoms with E-state index in [9.17, 15) is 4.79 Å². The molecule has 1 fully saturated rings. The fourth-order valence-corrected chi connectivity index (χ4v) is 3.81. The van der Waals surface area contributed by atoms with Gasteiger partial charge in [0.1, 0.15) is 5.75 Å². The molecule has 154 valence electrons. The maximum atomic E-state index is 12.7. The van der Waals surface area contributed by atoms with Crippen molar-refractivity contribution in [1.29, 1.82) is 0 Å². The second-order valence-corrected chi connectivity index (χ2v) is 7.73. The molecule has 3 aromatic rings. The SMILES string of the molecule is COc1ccc(-c2ccc(N3CCCC(C(=O)Nc4cccc(Cl)c4)C3)nn2)cc1. The molecular formula is C23H23ClN4O2. The lowest BCUT2D eigenvalue weighted by atomic mass is 9.97. The van der Waals surface area contributed by atoms with E-state index in [1.807, 2.05) is 48.5 Å². The number of aromatic nitrogens is 2. The zero-order chi connectivity index (χ0) is 20.9. The van der Waals surface area contributed by atoms with Crippen LogP contribution in [0, 0.1) is 5.92 Å². The van der Waals surface area contributed by atoms with Crippen LogP contribution in [-0.4, -0.2) is 36.3 Å². The van der Waals surface area contributed by atoms with Crippen molar-refractivity contribution in [3.8, 4) is 17.0 Å². The summed E-state index contributed by atoms with van der Waals surface area (Å²) in [6.07, 6.45) is 1.77. The molecule has 2 aromatic carbocycles. The highest BCUT2D eigenvalue weighted by Crippen LogP contribution is 2.25. The van der Waals surface area contributed by atoms with E-state index in [0.717, 1.165) is 42.2 Å². The average molecular weight is 423 g/mol. The van der Waals surface area contributed by atoms with Gasteiger partial charge in [-0.05, 0) is 67.4 Å². The summed E-state index contributed by atoms with van der Waals surface area (Å²) in [5, 5.41) is 12.4. The number of piperidine rings is 1. The number of nitrogens with zero attached hydrogens (tertiary/aromatic N) is 3. The molecule has 1 atom stereocenters. The predicted molar refractivity (Wildman–Crippen MR) is 119 cm³/mol. The number of ether oxygens (including phenoxy) is 1. The van der Waals surface area contributed by atoms with E-state index in [4.69, 9.17) is 16.3 Å². The smallest absolute Gasteiger partial charge is 0.229 e. The summed E-state index contributed by atoms with van der Waals surface area (Å²) in [6, 6.07) is 18.8. The monoisotopic (exact) mass is 422 g/mol. The molecule has 4 rings (SSSR count). The number of methoxy groups -OCH3 is 1. The van der Waals surface area contributed by atoms with Gasteiger partial charge in [-0.2, -0.15) is 0 Å². The fourth-order valence-electron chi connectivity index (χ4n) is 3.62. The highest BCUT2D eigenvalue weighted by molar-refractivity contribution is 6.30. The van der Waals surface area contributed by atoms with Crippen molar-refractivity contribution < 1.29 is 9.53 Å². The molecule has 1 aromatic heterocycles. The second kappa shape index (κ2) is 9.13. The fraction of sp³-hybridized carbons (Fsp3) is 0.261. The first-order valence-electron chi connectivity index (χ1n) is 9.92. The third-order valence-electron chi connectivity index (χ3n) is 5.24. The summed E-state index contributed by atoms with van der Waals surface area (Å²) in [7, 11) is 1.64. The number of hydrogen-bond donors (Lipinski definition) is 1. The summed E-state index contributed by atoms with van der Waals surface area (Å²) in [4.78, 5) is 14.8. The molecule has 1 amide bonds. The Morgan fingerprint density at radius 3 is 2.67 bits per heavy atom. The third kappa shape index (κ3) is 4.71. The Morgan fingerprint density at radius 2 is 1.97 bits per heavy atom. The summed E-state index contributed by atoms with van der Waals surface area (Å²) in [6.45, 7) is 1.47. The van der Waals surface area contributed by atoms with Gasteiger partial charge < -0.3 is 15.0 Å². The number of amides is 1. The van der Waals surface area contributed by atoms with Crippen molar-refractivity contribution in [2.45, 2.75) is 12.8 Å². The van der Waals surface area contributed by atoms with Gasteiger partial charge in [0.2, 0.25) is 5.91 Å². The zero-order valence-electron chi connectivity index (χ0n) is 16.7. The van der Waals surface area contributed by atoms with Crippen molar-refractivity contribution >= 4 is 29.0 Å². The molecule has 30 heavy (non-hydrogen) atoms. The van der Waals surface area contributed by atoms with Crippen LogP contribution in [0.4, 0.5) is 11.5 Å². The lowest BCUT2D eigenvalue weighted by Crippen LogP contribution is -2.41. The van der Waals surface area contributed by atoms with Crippen LogP contribution >= 0.6 is 11.6 Å². The Hall–Kier alpha value is -3.12. The van der Waals surface area contributed by atoms with Crippen LogP contribution in [0.15, 0.2) is 60.7 Å². The van der Waals surface area contributed by atoms with Crippen molar-refractivity contribution in [2.75, 3.05) is 30.4 Å². The summed E-state index contributed by atoms with van der Waals surface area (Å²) in [5.41, 5.74) is 2.49. The highest BCUT2D eigenvalue weighted by atomic mass is 35.5. The topological polar surface area (TPSA) is 67.3 Å². The van der Waals surface area contributed by atoms with Crippen LogP contribution in [0.2, 0.25) is 5.02 Å². The number of carbonyl (C=O) groups excluding carboxylic acids is 1. The van der Waals surface area contributed by atoms with Gasteiger partial charge in [0, 0.05) is 29.4 Å². The zero-order valence-corrected chi connectivity index (χ0v) is 17.5. The van der Waals surface area contributed by atoms with Gasteiger partial charge >= 0.3 is 0 Å². The van der Waals surface area contributed by atoms with Gasteiger partial charge in [-0.25, -0.2) is 0 Å². The number of halogens is 1. The van der Waals surface area contributed by atoms with Crippen LogP contribution in [0.25, 0.3) is 11.3 Å². The van der Waals surface area contributed by atoms with Crippen molar-refractivity contribution in [3.05, 3.63) is 65.7 Å². The largest absolute Gasteiger partial charge is 0.497 e. The molecule has 0 radical (unpaired) electrons. The number of nitrogens with one attached hydrogen (secondary N) is 1. The standard InChI is InChI=1S/C23H23ClN4O2/c1-30-20-9-7-16(8-10-20)21-11-12-22(27-26-21)28-13-3-4-17(15-28)23(29)25-19-6-2-5-18(24)14-19/h2,5-12,14,17H,3-4,13,15H2,1H3,(H,25,29). The van der Waals surface area contributed by atoms with E-state index in [-0.39, 0.29) is 11.8 Å². The molecule has 1 N–H and O–H groups in total. The number of carbonyl (C=O) groups is 1. The predicted octanol–water partition coefficient (Wildman–Crippen LogP) is 4.66. The van der Waals surface area contributed by atoms with Crippen molar-refractivity contribution in [1.82, 2.24) is 10.2 Å². The number of hydrogen-bond acceptors (Lipinski definition) is 5. The van der Waals surface area contributed by atoms with Gasteiger partial charge in [-0.15, -0.1) is 10.2 Å². The number of anilines is 2. The number of rotatable bonds is 5. The summed E-state index contributed by atoms with van der Waals surface area (Å²) >= 11 is 6.01. The van der Waals surface area contributed by atoms with Gasteiger partial charge in [0.15, 0.2) is 5.82 Å². The van der Waals surface area contributed by atoms with E-state index in [2.05, 4.69) is 20.4 Å². The molecule has 0 spiro atoms. The van der Waals surface area contributed by atoms with Gasteiger partial charge in [-0.3, -0.25) is 4.79 Å². The molecule has 7 heteroatoms. The maximum absolute atomic E-state index is 12.7. The molecule has 0 aliphatic carbocycles. The quantitative estimate of drug-likeness (QED) is 0.647. The molecule has 2 heterocycles. The first kappa shape index (κ1) is 20.2. The van der Waals surface area contributed by atoms with Crippen molar-refractivity contribution in [3.63, 3.8) is 0 Å². The van der Waals surface area contributed by atoms with Crippen molar-refractivity contribution in [2.24, 2.45) is 5.92 Å². The van der Waals surface area contributed by atoms with Gasteiger partial charge in [0.25, 0.3) is 0 Å². The average Bonchev–Trinajstić information content (AvgIpc) is 2.79. The third-order valence-corrected chi connectivity index (χ3v) is 5.48. The minimum absolute atomic E-state index is 0.00442. The maximum Gasteiger partial charge on any atom is 0.229 e. The molecular weight excluding hydrogens is 400 g/mol. The van der Waals surface area contributed by atoms with Crippen LogP contribution < -0.4 is 15.0 Å². The molecule has 1 aliphatic rings. The van der Waals surface area contributed by atoms with Gasteiger partial charge in [-0.1, -0.05) is 17.7 Å². The molecule has 1 unspecified atom stereocenters. The van der Waals surface area contributed by atoms with Crippen LogP contribution in [0.5, 0.6) is 5.75 Å². The van der Waals surface area contributed by atoms with E-state index in [0.29, 0.717) is 17.3 Å². The van der Waals surface area contributed by atoms with Crippen LogP contribution in [0.3, 0.4) is 0 Å². The highest BCUT2D eigenvalue weighted by Gasteiger charge is 2.27. The molecule has 1 aliphatic heterocycles.